The highest BCUT2D eigenvalue weighted by Gasteiger charge is 2.36. The zero-order valence-corrected chi connectivity index (χ0v) is 16.6. The summed E-state index contributed by atoms with van der Waals surface area (Å²) in [4.78, 5) is 15.6. The summed E-state index contributed by atoms with van der Waals surface area (Å²) >= 11 is 0.540. The van der Waals surface area contributed by atoms with Crippen molar-refractivity contribution in [2.75, 3.05) is 6.61 Å². The van der Waals surface area contributed by atoms with Gasteiger partial charge >= 0.3 is 12.3 Å². The number of nitrogens with zero attached hydrogens (tertiary/aromatic N) is 2. The molecule has 3 aromatic heterocycles. The molecule has 0 saturated heterocycles. The van der Waals surface area contributed by atoms with Gasteiger partial charge in [-0.05, 0) is 23.9 Å². The lowest BCUT2D eigenvalue weighted by molar-refractivity contribution is -0.133. The van der Waals surface area contributed by atoms with Crippen LogP contribution in [0.15, 0.2) is 29.9 Å². The summed E-state index contributed by atoms with van der Waals surface area (Å²) in [5.74, 6) is -0.704. The smallest absolute Gasteiger partial charge is 0.426 e. The molecule has 0 aromatic carbocycles. The number of carbonyl (C=O) groups is 1. The van der Waals surface area contributed by atoms with E-state index < -0.39 is 23.0 Å². The molecule has 0 bridgehead atoms. The van der Waals surface area contributed by atoms with E-state index in [1.807, 2.05) is 0 Å². The molecule has 29 heavy (non-hydrogen) atoms. The molecule has 3 aromatic rings. The van der Waals surface area contributed by atoms with Crippen molar-refractivity contribution in [1.29, 1.82) is 0 Å². The number of hydrogen-bond acceptors (Lipinski definition) is 4. The Hall–Kier alpha value is -2.42. The number of thiophene rings is 1. The van der Waals surface area contributed by atoms with Crippen LogP contribution in [-0.4, -0.2) is 22.3 Å². The van der Waals surface area contributed by atoms with Crippen molar-refractivity contribution in [2.24, 2.45) is 0 Å². The number of ether oxygens (including phenoxy) is 1. The highest BCUT2D eigenvalue weighted by atomic mass is 32.1. The number of unbranched alkanes of at least 4 members (excludes halogenated alkanes) is 4. The van der Waals surface area contributed by atoms with Gasteiger partial charge in [0.15, 0.2) is 0 Å². The highest BCUT2D eigenvalue weighted by molar-refractivity contribution is 7.10. The maximum Gasteiger partial charge on any atom is 0.426 e. The van der Waals surface area contributed by atoms with Crippen LogP contribution >= 0.6 is 11.3 Å². The molecule has 0 N–H and O–H groups in total. The van der Waals surface area contributed by atoms with Crippen molar-refractivity contribution in [3.63, 3.8) is 0 Å². The number of aromatic nitrogens is 2. The normalized spacial score (nSPS) is 11.9. The molecular formula is C20H20F4N2O2S. The standard InChI is InChI=1S/C20H20F4N2O2S/c1-2-3-4-5-6-8-28-19(27)26-12-16(15-10-13(21)11-25-18(15)26)14-7-9-29-17(14)20(22,23)24/h7,9-12H,2-6,8H2,1H3. The lowest BCUT2D eigenvalue weighted by Gasteiger charge is -2.07. The summed E-state index contributed by atoms with van der Waals surface area (Å²) in [5.41, 5.74) is 0.0168. The van der Waals surface area contributed by atoms with E-state index in [0.717, 1.165) is 42.5 Å². The number of pyridine rings is 1. The molecular weight excluding hydrogens is 408 g/mol. The minimum Gasteiger partial charge on any atom is -0.449 e. The zero-order chi connectivity index (χ0) is 21.0. The Kier molecular flexibility index (Phi) is 6.56. The van der Waals surface area contributed by atoms with Crippen LogP contribution in [0.4, 0.5) is 22.4 Å². The lowest BCUT2D eigenvalue weighted by atomic mass is 10.1. The molecule has 0 aliphatic heterocycles. The Morgan fingerprint density at radius 3 is 2.69 bits per heavy atom. The van der Waals surface area contributed by atoms with Gasteiger partial charge in [-0.1, -0.05) is 32.6 Å². The maximum atomic E-state index is 13.7. The fourth-order valence-electron chi connectivity index (χ4n) is 3.11. The molecule has 0 spiro atoms. The van der Waals surface area contributed by atoms with Gasteiger partial charge in [-0.2, -0.15) is 13.2 Å². The fourth-order valence-corrected chi connectivity index (χ4v) is 3.89. The molecule has 9 heteroatoms. The van der Waals surface area contributed by atoms with Crippen LogP contribution in [-0.2, 0) is 10.9 Å². The van der Waals surface area contributed by atoms with Crippen molar-refractivity contribution < 1.29 is 27.1 Å². The van der Waals surface area contributed by atoms with E-state index in [9.17, 15) is 22.4 Å². The zero-order valence-electron chi connectivity index (χ0n) is 15.8. The van der Waals surface area contributed by atoms with Gasteiger partial charge in [-0.3, -0.25) is 0 Å². The first-order valence-electron chi connectivity index (χ1n) is 9.31. The van der Waals surface area contributed by atoms with Gasteiger partial charge in [-0.25, -0.2) is 18.7 Å². The summed E-state index contributed by atoms with van der Waals surface area (Å²) in [6, 6.07) is 2.38. The third kappa shape index (κ3) is 4.77. The van der Waals surface area contributed by atoms with Crippen LogP contribution in [0.25, 0.3) is 22.2 Å². The molecule has 0 amide bonds. The summed E-state index contributed by atoms with van der Waals surface area (Å²) in [7, 11) is 0. The van der Waals surface area contributed by atoms with Gasteiger partial charge in [0.05, 0.1) is 12.8 Å². The van der Waals surface area contributed by atoms with Gasteiger partial charge in [-0.15, -0.1) is 11.3 Å². The number of carbonyl (C=O) groups excluding carboxylic acids is 1. The second kappa shape index (κ2) is 8.94. The Morgan fingerprint density at radius 1 is 1.21 bits per heavy atom. The Labute approximate surface area is 169 Å². The van der Waals surface area contributed by atoms with Crippen molar-refractivity contribution in [2.45, 2.75) is 45.2 Å². The van der Waals surface area contributed by atoms with E-state index >= 15 is 0 Å². The summed E-state index contributed by atoms with van der Waals surface area (Å²) in [6.07, 6.45) is 1.71. The molecule has 4 nitrogen and oxygen atoms in total. The molecule has 0 atom stereocenters. The lowest BCUT2D eigenvalue weighted by Crippen LogP contribution is -2.14. The second-order valence-corrected chi connectivity index (χ2v) is 7.54. The van der Waals surface area contributed by atoms with Crippen LogP contribution in [0.3, 0.4) is 0 Å². The van der Waals surface area contributed by atoms with Crippen LogP contribution in [0, 0.1) is 5.82 Å². The SMILES string of the molecule is CCCCCCCOC(=O)n1cc(-c2ccsc2C(F)(F)F)c2cc(F)cnc21. The molecule has 3 rings (SSSR count). The van der Waals surface area contributed by atoms with Crippen LogP contribution in [0.1, 0.15) is 43.9 Å². The highest BCUT2D eigenvalue weighted by Crippen LogP contribution is 2.43. The van der Waals surface area contributed by atoms with E-state index in [4.69, 9.17) is 4.74 Å². The van der Waals surface area contributed by atoms with E-state index in [2.05, 4.69) is 11.9 Å². The maximum absolute atomic E-state index is 13.7. The first kappa shape index (κ1) is 21.3. The van der Waals surface area contributed by atoms with E-state index in [0.29, 0.717) is 17.8 Å². The number of hydrogen-bond donors (Lipinski definition) is 0. The molecule has 3 heterocycles. The van der Waals surface area contributed by atoms with E-state index in [1.165, 1.54) is 17.6 Å². The number of halogens is 4. The van der Waals surface area contributed by atoms with Crippen molar-refractivity contribution in [1.82, 2.24) is 9.55 Å². The number of alkyl halides is 3. The largest absolute Gasteiger partial charge is 0.449 e. The Balaban J connectivity index is 1.91. The number of fused-ring (bicyclic) bond motifs is 1. The minimum atomic E-state index is -4.56. The quantitative estimate of drug-likeness (QED) is 0.304. The predicted molar refractivity (Wildman–Crippen MR) is 104 cm³/mol. The van der Waals surface area contributed by atoms with Crippen LogP contribution < -0.4 is 0 Å². The van der Waals surface area contributed by atoms with E-state index in [1.54, 1.807) is 0 Å². The first-order chi connectivity index (χ1) is 13.8. The van der Waals surface area contributed by atoms with Crippen molar-refractivity contribution in [3.8, 4) is 11.1 Å². The van der Waals surface area contributed by atoms with E-state index in [-0.39, 0.29) is 28.8 Å². The average molecular weight is 428 g/mol. The molecule has 0 aliphatic carbocycles. The van der Waals surface area contributed by atoms with Gasteiger partial charge in [0.25, 0.3) is 0 Å². The van der Waals surface area contributed by atoms with Gasteiger partial charge in [0, 0.05) is 22.7 Å². The molecule has 0 saturated carbocycles. The van der Waals surface area contributed by atoms with Crippen LogP contribution in [0.5, 0.6) is 0 Å². The molecule has 0 unspecified atom stereocenters. The van der Waals surface area contributed by atoms with Crippen molar-refractivity contribution in [3.05, 3.63) is 40.6 Å². The summed E-state index contributed by atoms with van der Waals surface area (Å²) in [5, 5.41) is 1.43. The monoisotopic (exact) mass is 428 g/mol. The fraction of sp³-hybridized carbons (Fsp3) is 0.400. The van der Waals surface area contributed by atoms with Gasteiger partial charge < -0.3 is 4.74 Å². The van der Waals surface area contributed by atoms with Gasteiger partial charge in [0.2, 0.25) is 0 Å². The Morgan fingerprint density at radius 2 is 1.97 bits per heavy atom. The third-order valence-corrected chi connectivity index (χ3v) is 5.45. The summed E-state index contributed by atoms with van der Waals surface area (Å²) < 4.78 is 60.0. The molecule has 0 aliphatic rings. The topological polar surface area (TPSA) is 44.1 Å². The molecule has 156 valence electrons. The molecule has 0 fully saturated rings. The van der Waals surface area contributed by atoms with Crippen LogP contribution in [0.2, 0.25) is 0 Å². The second-order valence-electron chi connectivity index (χ2n) is 6.63. The average Bonchev–Trinajstić information content (AvgIpc) is 3.28. The number of rotatable bonds is 7. The van der Waals surface area contributed by atoms with Crippen molar-refractivity contribution >= 4 is 28.5 Å². The third-order valence-electron chi connectivity index (χ3n) is 4.49. The molecule has 0 radical (unpaired) electrons. The first-order valence-corrected chi connectivity index (χ1v) is 10.2. The minimum absolute atomic E-state index is 0.0525. The summed E-state index contributed by atoms with van der Waals surface area (Å²) in [6.45, 7) is 2.30. The Bertz CT molecular complexity index is 994. The predicted octanol–water partition coefficient (Wildman–Crippen LogP) is 6.88. The van der Waals surface area contributed by atoms with Gasteiger partial charge in [0.1, 0.15) is 16.3 Å².